The lowest BCUT2D eigenvalue weighted by Crippen LogP contribution is -2.35. The zero-order chi connectivity index (χ0) is 18.1. The average molecular weight is 369 g/mol. The Morgan fingerprint density at radius 1 is 0.731 bits per heavy atom. The molecule has 0 amide bonds. The largest absolute Gasteiger partial charge is 0.287 e. The Hall–Kier alpha value is -1.45. The molecule has 0 bridgehead atoms. The number of likely N-dealkylation sites (N-methyl/N-ethyl adjacent to an activating group) is 2. The lowest BCUT2D eigenvalue weighted by Gasteiger charge is -2.39. The molecule has 5 heteroatoms. The Morgan fingerprint density at radius 3 is 1.58 bits per heavy atom. The molecule has 138 valence electrons. The van der Waals surface area contributed by atoms with Gasteiger partial charge in [-0.15, -0.1) is 0 Å². The molecular formula is C21H28N3OP. The maximum Gasteiger partial charge on any atom is 0.287 e. The van der Waals surface area contributed by atoms with Crippen molar-refractivity contribution in [3.63, 3.8) is 0 Å². The third kappa shape index (κ3) is 2.86. The minimum absolute atomic E-state index is 0.0800. The van der Waals surface area contributed by atoms with Crippen molar-refractivity contribution in [2.45, 2.75) is 31.3 Å². The Morgan fingerprint density at radius 2 is 1.15 bits per heavy atom. The highest BCUT2D eigenvalue weighted by Crippen LogP contribution is 2.69. The van der Waals surface area contributed by atoms with Crippen molar-refractivity contribution in [2.75, 3.05) is 27.2 Å². The van der Waals surface area contributed by atoms with Crippen LogP contribution in [0.3, 0.4) is 0 Å². The monoisotopic (exact) mass is 369 g/mol. The summed E-state index contributed by atoms with van der Waals surface area (Å²) in [6.45, 7) is 1.85. The summed E-state index contributed by atoms with van der Waals surface area (Å²) in [5.74, 6) is 0. The molecule has 0 spiro atoms. The SMILES string of the molecule is CN1[C@H](c2ccccc2)[C@@H](c2ccccc2)N(C)P1(=O)N1CCCCC1. The van der Waals surface area contributed by atoms with Crippen LogP contribution in [0.2, 0.25) is 0 Å². The molecule has 0 aromatic heterocycles. The van der Waals surface area contributed by atoms with Crippen molar-refractivity contribution in [2.24, 2.45) is 0 Å². The fourth-order valence-electron chi connectivity index (χ4n) is 4.59. The lowest BCUT2D eigenvalue weighted by molar-refractivity contribution is 0.298. The van der Waals surface area contributed by atoms with E-state index in [1.54, 1.807) is 0 Å². The summed E-state index contributed by atoms with van der Waals surface area (Å²) in [5.41, 5.74) is 2.45. The van der Waals surface area contributed by atoms with Gasteiger partial charge in [-0.3, -0.25) is 4.57 Å². The van der Waals surface area contributed by atoms with Gasteiger partial charge in [0.1, 0.15) is 0 Å². The first-order valence-electron chi connectivity index (χ1n) is 9.56. The second-order valence-electron chi connectivity index (χ2n) is 7.39. The van der Waals surface area contributed by atoms with Gasteiger partial charge in [0.15, 0.2) is 0 Å². The van der Waals surface area contributed by atoms with E-state index in [9.17, 15) is 4.57 Å². The van der Waals surface area contributed by atoms with Gasteiger partial charge in [-0.1, -0.05) is 67.1 Å². The molecule has 2 heterocycles. The normalized spacial score (nSPS) is 27.6. The first kappa shape index (κ1) is 17.9. The van der Waals surface area contributed by atoms with Crippen LogP contribution in [-0.4, -0.2) is 41.2 Å². The first-order valence-corrected chi connectivity index (χ1v) is 11.1. The van der Waals surface area contributed by atoms with E-state index in [-0.39, 0.29) is 12.1 Å². The smallest absolute Gasteiger partial charge is 0.270 e. The summed E-state index contributed by atoms with van der Waals surface area (Å²) < 4.78 is 20.9. The van der Waals surface area contributed by atoms with Gasteiger partial charge >= 0.3 is 0 Å². The van der Waals surface area contributed by atoms with E-state index in [0.717, 1.165) is 25.9 Å². The van der Waals surface area contributed by atoms with Gasteiger partial charge < -0.3 is 0 Å². The van der Waals surface area contributed by atoms with Crippen molar-refractivity contribution in [1.29, 1.82) is 0 Å². The second kappa shape index (κ2) is 7.28. The van der Waals surface area contributed by atoms with E-state index >= 15 is 0 Å². The van der Waals surface area contributed by atoms with Gasteiger partial charge in [-0.25, -0.2) is 14.0 Å². The molecule has 2 aliphatic heterocycles. The van der Waals surface area contributed by atoms with Crippen LogP contribution in [0, 0.1) is 0 Å². The maximum absolute atomic E-state index is 14.4. The minimum Gasteiger partial charge on any atom is -0.270 e. The molecule has 2 atom stereocenters. The quantitative estimate of drug-likeness (QED) is 0.716. The summed E-state index contributed by atoms with van der Waals surface area (Å²) in [5, 5.41) is 0. The minimum atomic E-state index is -2.77. The van der Waals surface area contributed by atoms with E-state index in [0.29, 0.717) is 0 Å². The molecule has 0 unspecified atom stereocenters. The van der Waals surface area contributed by atoms with Crippen molar-refractivity contribution >= 4 is 7.59 Å². The van der Waals surface area contributed by atoms with Gasteiger partial charge in [0.25, 0.3) is 7.59 Å². The van der Waals surface area contributed by atoms with Crippen LogP contribution in [0.1, 0.15) is 42.5 Å². The van der Waals surface area contributed by atoms with Crippen LogP contribution in [0.25, 0.3) is 0 Å². The molecule has 0 saturated carbocycles. The molecule has 2 aromatic carbocycles. The summed E-state index contributed by atoms with van der Waals surface area (Å²) in [7, 11) is 1.33. The highest BCUT2D eigenvalue weighted by molar-refractivity contribution is 7.56. The predicted molar refractivity (Wildman–Crippen MR) is 107 cm³/mol. The number of nitrogens with zero attached hydrogens (tertiary/aromatic N) is 3. The van der Waals surface area contributed by atoms with E-state index < -0.39 is 7.59 Å². The number of benzene rings is 2. The van der Waals surface area contributed by atoms with Gasteiger partial charge in [-0.2, -0.15) is 0 Å². The molecule has 2 saturated heterocycles. The summed E-state index contributed by atoms with van der Waals surface area (Å²) >= 11 is 0. The topological polar surface area (TPSA) is 26.8 Å². The number of rotatable bonds is 3. The molecule has 4 nitrogen and oxygen atoms in total. The van der Waals surface area contributed by atoms with Crippen LogP contribution in [0.15, 0.2) is 60.7 Å². The summed E-state index contributed by atoms with van der Waals surface area (Å²) in [6, 6.07) is 21.2. The fraction of sp³-hybridized carbons (Fsp3) is 0.429. The van der Waals surface area contributed by atoms with Crippen LogP contribution in [-0.2, 0) is 4.57 Å². The highest BCUT2D eigenvalue weighted by Gasteiger charge is 2.55. The first-order chi connectivity index (χ1) is 12.6. The average Bonchev–Trinajstić information content (AvgIpc) is 2.92. The summed E-state index contributed by atoms with van der Waals surface area (Å²) in [4.78, 5) is 0. The van der Waals surface area contributed by atoms with Crippen LogP contribution in [0.4, 0.5) is 0 Å². The zero-order valence-electron chi connectivity index (χ0n) is 15.7. The Labute approximate surface area is 156 Å². The molecule has 4 rings (SSSR count). The molecular weight excluding hydrogens is 341 g/mol. The molecule has 2 aliphatic rings. The molecule has 2 aromatic rings. The second-order valence-corrected chi connectivity index (χ2v) is 10.2. The molecule has 0 aliphatic carbocycles. The van der Waals surface area contributed by atoms with Gasteiger partial charge in [0, 0.05) is 13.1 Å². The number of hydrogen-bond acceptors (Lipinski definition) is 1. The number of piperidine rings is 1. The highest BCUT2D eigenvalue weighted by atomic mass is 31.2. The Kier molecular flexibility index (Phi) is 5.02. The van der Waals surface area contributed by atoms with E-state index in [4.69, 9.17) is 0 Å². The van der Waals surface area contributed by atoms with Crippen molar-refractivity contribution in [1.82, 2.24) is 14.0 Å². The van der Waals surface area contributed by atoms with Gasteiger partial charge in [0.05, 0.1) is 12.1 Å². The third-order valence-electron chi connectivity index (χ3n) is 5.91. The summed E-state index contributed by atoms with van der Waals surface area (Å²) in [6.07, 6.45) is 3.52. The van der Waals surface area contributed by atoms with Gasteiger partial charge in [0.2, 0.25) is 0 Å². The van der Waals surface area contributed by atoms with Crippen molar-refractivity contribution in [3.8, 4) is 0 Å². The Balaban J connectivity index is 1.81. The van der Waals surface area contributed by atoms with Gasteiger partial charge in [-0.05, 0) is 38.1 Å². The van der Waals surface area contributed by atoms with Crippen molar-refractivity contribution < 1.29 is 4.57 Å². The van der Waals surface area contributed by atoms with Crippen LogP contribution in [0.5, 0.6) is 0 Å². The van der Waals surface area contributed by atoms with Crippen LogP contribution >= 0.6 is 7.59 Å². The molecule has 2 fully saturated rings. The van der Waals surface area contributed by atoms with E-state index in [1.807, 2.05) is 26.2 Å². The maximum atomic E-state index is 14.4. The van der Waals surface area contributed by atoms with E-state index in [1.165, 1.54) is 17.5 Å². The lowest BCUT2D eigenvalue weighted by atomic mass is 9.93. The van der Waals surface area contributed by atoms with Crippen LogP contribution < -0.4 is 0 Å². The fourth-order valence-corrected chi connectivity index (χ4v) is 7.80. The molecule has 26 heavy (non-hydrogen) atoms. The van der Waals surface area contributed by atoms with Crippen molar-refractivity contribution in [3.05, 3.63) is 71.8 Å². The number of hydrogen-bond donors (Lipinski definition) is 0. The third-order valence-corrected chi connectivity index (χ3v) is 9.19. The standard InChI is InChI=1S/C21H28N3OP/c1-22-20(18-12-6-3-7-13-18)21(19-14-8-4-9-15-19)23(2)26(22,25)24-16-10-5-11-17-24/h3-4,6-9,12-15,20-21H,5,10-11,16-17H2,1-2H3/t20-,21-/m1/s1. The zero-order valence-corrected chi connectivity index (χ0v) is 16.6. The molecule has 0 radical (unpaired) electrons. The predicted octanol–water partition coefficient (Wildman–Crippen LogP) is 4.94. The van der Waals surface area contributed by atoms with E-state index in [2.05, 4.69) is 62.5 Å². The Bertz CT molecular complexity index is 721. The molecule has 0 N–H and O–H groups in total.